The fourth-order valence-electron chi connectivity index (χ4n) is 2.02. The first kappa shape index (κ1) is 14.8. The lowest BCUT2D eigenvalue weighted by Gasteiger charge is -2.15. The molecule has 19 heavy (non-hydrogen) atoms. The average Bonchev–Trinajstić information content (AvgIpc) is 2.38. The van der Waals surface area contributed by atoms with Crippen molar-refractivity contribution in [2.45, 2.75) is 18.7 Å². The lowest BCUT2D eigenvalue weighted by atomic mass is 10.00. The highest BCUT2D eigenvalue weighted by Gasteiger charge is 2.17. The van der Waals surface area contributed by atoms with Crippen molar-refractivity contribution in [2.75, 3.05) is 0 Å². The van der Waals surface area contributed by atoms with Gasteiger partial charge in [-0.05, 0) is 42.2 Å². The van der Waals surface area contributed by atoms with E-state index < -0.39 is 0 Å². The van der Waals surface area contributed by atoms with Crippen LogP contribution in [0, 0.1) is 19.7 Å². The van der Waals surface area contributed by atoms with Gasteiger partial charge in [0.1, 0.15) is 5.82 Å². The van der Waals surface area contributed by atoms with Gasteiger partial charge in [-0.1, -0.05) is 63.4 Å². The third-order valence-electron chi connectivity index (χ3n) is 3.01. The zero-order valence-electron chi connectivity index (χ0n) is 10.5. The van der Waals surface area contributed by atoms with Crippen LogP contribution in [0.2, 0.25) is 10.0 Å². The first-order valence-electron chi connectivity index (χ1n) is 5.76. The molecule has 0 saturated carbocycles. The van der Waals surface area contributed by atoms with Gasteiger partial charge in [0.2, 0.25) is 0 Å². The van der Waals surface area contributed by atoms with Crippen LogP contribution in [0.3, 0.4) is 0 Å². The van der Waals surface area contributed by atoms with E-state index in [4.69, 9.17) is 23.2 Å². The molecule has 0 aliphatic rings. The molecule has 0 bridgehead atoms. The molecular formula is C15H12BrCl2F. The quantitative estimate of drug-likeness (QED) is 0.556. The Morgan fingerprint density at radius 2 is 1.68 bits per heavy atom. The molecule has 0 aromatic heterocycles. The predicted molar refractivity (Wildman–Crippen MR) is 83.1 cm³/mol. The SMILES string of the molecule is Cc1cc(C(Br)c2cccc(Cl)c2Cl)cc(C)c1F. The number of benzene rings is 2. The minimum atomic E-state index is -0.166. The number of halogens is 4. The van der Waals surface area contributed by atoms with E-state index in [1.807, 2.05) is 24.3 Å². The summed E-state index contributed by atoms with van der Waals surface area (Å²) in [5.74, 6) is -0.166. The smallest absolute Gasteiger partial charge is 0.129 e. The lowest BCUT2D eigenvalue weighted by molar-refractivity contribution is 0.608. The van der Waals surface area contributed by atoms with Gasteiger partial charge >= 0.3 is 0 Å². The molecule has 0 fully saturated rings. The Bertz CT molecular complexity index is 603. The molecule has 0 nitrogen and oxygen atoms in total. The van der Waals surface area contributed by atoms with Gasteiger partial charge < -0.3 is 0 Å². The molecule has 2 aromatic carbocycles. The summed E-state index contributed by atoms with van der Waals surface area (Å²) >= 11 is 15.8. The van der Waals surface area contributed by atoms with Crippen molar-refractivity contribution in [3.8, 4) is 0 Å². The molecule has 0 radical (unpaired) electrons. The Morgan fingerprint density at radius 3 is 2.26 bits per heavy atom. The van der Waals surface area contributed by atoms with Crippen LogP contribution in [0.15, 0.2) is 30.3 Å². The highest BCUT2D eigenvalue weighted by molar-refractivity contribution is 9.09. The number of rotatable bonds is 2. The summed E-state index contributed by atoms with van der Waals surface area (Å²) in [4.78, 5) is -0.114. The number of aryl methyl sites for hydroxylation is 2. The van der Waals surface area contributed by atoms with Gasteiger partial charge in [-0.15, -0.1) is 0 Å². The monoisotopic (exact) mass is 360 g/mol. The Hall–Kier alpha value is -0.570. The fraction of sp³-hybridized carbons (Fsp3) is 0.200. The van der Waals surface area contributed by atoms with Crippen LogP contribution in [0.4, 0.5) is 4.39 Å². The van der Waals surface area contributed by atoms with Gasteiger partial charge in [0, 0.05) is 0 Å². The largest absolute Gasteiger partial charge is 0.206 e. The summed E-state index contributed by atoms with van der Waals surface area (Å²) < 4.78 is 13.7. The highest BCUT2D eigenvalue weighted by atomic mass is 79.9. The molecule has 2 rings (SSSR count). The first-order valence-corrected chi connectivity index (χ1v) is 7.43. The van der Waals surface area contributed by atoms with E-state index in [0.717, 1.165) is 11.1 Å². The Kier molecular flexibility index (Phi) is 4.54. The Labute approximate surface area is 130 Å². The molecule has 0 amide bonds. The molecule has 2 aromatic rings. The standard InChI is InChI=1S/C15H12BrCl2F/c1-8-6-10(7-9(2)15(8)19)13(16)11-4-3-5-12(17)14(11)18/h3-7,13H,1-2H3. The van der Waals surface area contributed by atoms with E-state index in [1.54, 1.807) is 19.9 Å². The zero-order chi connectivity index (χ0) is 14.2. The van der Waals surface area contributed by atoms with Crippen molar-refractivity contribution >= 4 is 39.1 Å². The molecule has 4 heteroatoms. The molecule has 0 saturated heterocycles. The molecule has 100 valence electrons. The van der Waals surface area contributed by atoms with Crippen molar-refractivity contribution in [1.82, 2.24) is 0 Å². The van der Waals surface area contributed by atoms with Crippen LogP contribution in [0.25, 0.3) is 0 Å². The molecule has 1 unspecified atom stereocenters. The molecule has 0 spiro atoms. The number of alkyl halides is 1. The Morgan fingerprint density at radius 1 is 1.11 bits per heavy atom. The second-order valence-electron chi connectivity index (χ2n) is 4.47. The first-order chi connectivity index (χ1) is 8.91. The molecule has 0 N–H and O–H groups in total. The molecule has 0 aliphatic carbocycles. The highest BCUT2D eigenvalue weighted by Crippen LogP contribution is 2.39. The molecule has 0 heterocycles. The maximum absolute atomic E-state index is 13.7. The topological polar surface area (TPSA) is 0 Å². The third kappa shape index (κ3) is 2.96. The second kappa shape index (κ2) is 5.82. The van der Waals surface area contributed by atoms with Gasteiger partial charge in [-0.25, -0.2) is 4.39 Å². The molecule has 1 atom stereocenters. The fourth-order valence-corrected chi connectivity index (χ4v) is 3.22. The van der Waals surface area contributed by atoms with Crippen molar-refractivity contribution in [1.29, 1.82) is 0 Å². The van der Waals surface area contributed by atoms with Crippen LogP contribution in [0.1, 0.15) is 27.1 Å². The summed E-state index contributed by atoms with van der Waals surface area (Å²) in [6.07, 6.45) is 0. The summed E-state index contributed by atoms with van der Waals surface area (Å²) in [5, 5.41) is 1.03. The predicted octanol–water partition coefficient (Wildman–Crippen LogP) is 6.23. The third-order valence-corrected chi connectivity index (χ3v) is 4.86. The van der Waals surface area contributed by atoms with Gasteiger partial charge in [-0.2, -0.15) is 0 Å². The van der Waals surface area contributed by atoms with E-state index in [9.17, 15) is 4.39 Å². The van der Waals surface area contributed by atoms with Gasteiger partial charge in [0.25, 0.3) is 0 Å². The van der Waals surface area contributed by atoms with Crippen molar-refractivity contribution in [3.05, 3.63) is 68.4 Å². The van der Waals surface area contributed by atoms with Gasteiger partial charge in [0.05, 0.1) is 14.9 Å². The zero-order valence-corrected chi connectivity index (χ0v) is 13.6. The van der Waals surface area contributed by atoms with Crippen molar-refractivity contribution in [3.63, 3.8) is 0 Å². The van der Waals surface area contributed by atoms with E-state index in [2.05, 4.69) is 15.9 Å². The minimum Gasteiger partial charge on any atom is -0.206 e. The van der Waals surface area contributed by atoms with Crippen LogP contribution < -0.4 is 0 Å². The van der Waals surface area contributed by atoms with E-state index in [1.165, 1.54) is 0 Å². The van der Waals surface area contributed by atoms with Crippen molar-refractivity contribution < 1.29 is 4.39 Å². The molecule has 0 aliphatic heterocycles. The average molecular weight is 362 g/mol. The van der Waals surface area contributed by atoms with E-state index >= 15 is 0 Å². The minimum absolute atomic E-state index is 0.114. The number of hydrogen-bond donors (Lipinski definition) is 0. The number of hydrogen-bond acceptors (Lipinski definition) is 0. The van der Waals surface area contributed by atoms with Gasteiger partial charge in [0.15, 0.2) is 0 Å². The maximum Gasteiger partial charge on any atom is 0.129 e. The summed E-state index contributed by atoms with van der Waals surface area (Å²) in [6.45, 7) is 3.51. The maximum atomic E-state index is 13.7. The van der Waals surface area contributed by atoms with E-state index in [0.29, 0.717) is 21.2 Å². The van der Waals surface area contributed by atoms with E-state index in [-0.39, 0.29) is 10.6 Å². The second-order valence-corrected chi connectivity index (χ2v) is 6.18. The van der Waals surface area contributed by atoms with Crippen LogP contribution in [-0.2, 0) is 0 Å². The summed E-state index contributed by atoms with van der Waals surface area (Å²) in [5.41, 5.74) is 3.08. The normalized spacial score (nSPS) is 12.5. The van der Waals surface area contributed by atoms with Crippen LogP contribution >= 0.6 is 39.1 Å². The van der Waals surface area contributed by atoms with Gasteiger partial charge in [-0.3, -0.25) is 0 Å². The summed E-state index contributed by atoms with van der Waals surface area (Å²) in [6, 6.07) is 9.13. The van der Waals surface area contributed by atoms with Crippen molar-refractivity contribution in [2.24, 2.45) is 0 Å². The van der Waals surface area contributed by atoms with Crippen LogP contribution in [0.5, 0.6) is 0 Å². The molecular weight excluding hydrogens is 350 g/mol. The Balaban J connectivity index is 2.50. The summed E-state index contributed by atoms with van der Waals surface area (Å²) in [7, 11) is 0. The lowest BCUT2D eigenvalue weighted by Crippen LogP contribution is -1.98. The van der Waals surface area contributed by atoms with Crippen LogP contribution in [-0.4, -0.2) is 0 Å².